The number of hydrogen-bond acceptors (Lipinski definition) is 4. The lowest BCUT2D eigenvalue weighted by Crippen LogP contribution is -1.92. The van der Waals surface area contributed by atoms with Crippen molar-refractivity contribution < 1.29 is 14.9 Å². The number of phenols is 2. The summed E-state index contributed by atoms with van der Waals surface area (Å²) in [4.78, 5) is 1.05. The predicted octanol–water partition coefficient (Wildman–Crippen LogP) is 3.89. The monoisotopic (exact) mass is 272 g/mol. The molecule has 1 aromatic heterocycles. The van der Waals surface area contributed by atoms with Crippen LogP contribution in [0.15, 0.2) is 48.5 Å². The van der Waals surface area contributed by atoms with Gasteiger partial charge in [0.2, 0.25) is 0 Å². The Balaban J connectivity index is 1.80. The Bertz CT molecular complexity index is 718. The number of para-hydroxylation sites is 2. The third kappa shape index (κ3) is 2.48. The second-order valence-corrected chi connectivity index (χ2v) is 5.36. The van der Waals surface area contributed by atoms with E-state index in [1.807, 2.05) is 18.2 Å². The first-order valence-corrected chi connectivity index (χ1v) is 6.66. The summed E-state index contributed by atoms with van der Waals surface area (Å²) in [5.74, 6) is 0.881. The summed E-state index contributed by atoms with van der Waals surface area (Å²) < 4.78 is 6.60. The first-order valence-electron chi connectivity index (χ1n) is 5.84. The Labute approximate surface area is 114 Å². The molecule has 0 aliphatic carbocycles. The molecule has 96 valence electrons. The highest BCUT2D eigenvalue weighted by Crippen LogP contribution is 2.31. The van der Waals surface area contributed by atoms with Crippen molar-refractivity contribution in [2.75, 3.05) is 0 Å². The topological polar surface area (TPSA) is 49.7 Å². The predicted molar refractivity (Wildman–Crippen MR) is 75.9 cm³/mol. The van der Waals surface area contributed by atoms with E-state index in [2.05, 4.69) is 0 Å². The molecule has 4 heteroatoms. The molecular formula is C15H12O3S. The van der Waals surface area contributed by atoms with Crippen molar-refractivity contribution in [3.63, 3.8) is 0 Å². The molecule has 0 fully saturated rings. The molecule has 3 aromatic rings. The second kappa shape index (κ2) is 4.82. The van der Waals surface area contributed by atoms with Gasteiger partial charge in [0.25, 0.3) is 0 Å². The molecule has 3 rings (SSSR count). The minimum absolute atomic E-state index is 0.140. The number of hydrogen-bond donors (Lipinski definition) is 2. The molecule has 0 saturated heterocycles. The van der Waals surface area contributed by atoms with Crippen molar-refractivity contribution >= 4 is 21.4 Å². The fourth-order valence-electron chi connectivity index (χ4n) is 1.87. The zero-order valence-corrected chi connectivity index (χ0v) is 10.9. The Hall–Kier alpha value is -2.20. The highest BCUT2D eigenvalue weighted by Gasteiger charge is 2.05. The van der Waals surface area contributed by atoms with Crippen LogP contribution in [0, 0.1) is 0 Å². The van der Waals surface area contributed by atoms with Crippen LogP contribution in [0.2, 0.25) is 0 Å². The summed E-state index contributed by atoms with van der Waals surface area (Å²) in [6, 6.07) is 14.2. The molecular weight excluding hydrogens is 260 g/mol. The van der Waals surface area contributed by atoms with Crippen LogP contribution in [0.4, 0.5) is 0 Å². The van der Waals surface area contributed by atoms with E-state index < -0.39 is 0 Å². The summed E-state index contributed by atoms with van der Waals surface area (Å²) in [6.07, 6.45) is 0. The molecule has 0 amide bonds. The summed E-state index contributed by atoms with van der Waals surface area (Å²) in [5, 5.41) is 20.1. The van der Waals surface area contributed by atoms with E-state index >= 15 is 0 Å². The van der Waals surface area contributed by atoms with Gasteiger partial charge in [0, 0.05) is 9.58 Å². The molecule has 19 heavy (non-hydrogen) atoms. The van der Waals surface area contributed by atoms with Crippen molar-refractivity contribution in [3.05, 3.63) is 53.4 Å². The summed E-state index contributed by atoms with van der Waals surface area (Å²) in [5.41, 5.74) is 0. The Morgan fingerprint density at radius 3 is 2.68 bits per heavy atom. The number of ether oxygens (including phenoxy) is 1. The van der Waals surface area contributed by atoms with E-state index in [0.29, 0.717) is 12.4 Å². The minimum Gasteiger partial charge on any atom is -0.508 e. The number of fused-ring (bicyclic) bond motifs is 1. The minimum atomic E-state index is 0.140. The van der Waals surface area contributed by atoms with Crippen LogP contribution in [-0.4, -0.2) is 10.2 Å². The van der Waals surface area contributed by atoms with Crippen LogP contribution >= 0.6 is 11.3 Å². The van der Waals surface area contributed by atoms with E-state index in [-0.39, 0.29) is 11.5 Å². The van der Waals surface area contributed by atoms with Gasteiger partial charge in [-0.15, -0.1) is 11.3 Å². The van der Waals surface area contributed by atoms with Crippen LogP contribution in [0.1, 0.15) is 4.88 Å². The van der Waals surface area contributed by atoms with Gasteiger partial charge < -0.3 is 14.9 Å². The second-order valence-electron chi connectivity index (χ2n) is 4.19. The van der Waals surface area contributed by atoms with Crippen LogP contribution in [0.25, 0.3) is 10.1 Å². The molecule has 0 saturated carbocycles. The van der Waals surface area contributed by atoms with Gasteiger partial charge in [-0.1, -0.05) is 12.1 Å². The maximum atomic E-state index is 9.61. The van der Waals surface area contributed by atoms with E-state index in [1.54, 1.807) is 41.7 Å². The number of phenolic OH excluding ortho intramolecular Hbond substituents is 2. The van der Waals surface area contributed by atoms with Gasteiger partial charge in [0.1, 0.15) is 12.4 Å². The van der Waals surface area contributed by atoms with Crippen LogP contribution in [0.5, 0.6) is 17.2 Å². The van der Waals surface area contributed by atoms with Crippen LogP contribution < -0.4 is 4.74 Å². The summed E-state index contributed by atoms with van der Waals surface area (Å²) in [7, 11) is 0. The maximum Gasteiger partial charge on any atom is 0.161 e. The largest absolute Gasteiger partial charge is 0.508 e. The molecule has 0 aliphatic rings. The molecule has 0 atom stereocenters. The zero-order chi connectivity index (χ0) is 13.2. The van der Waals surface area contributed by atoms with Crippen molar-refractivity contribution in [2.24, 2.45) is 0 Å². The van der Waals surface area contributed by atoms with Crippen LogP contribution in [0.3, 0.4) is 0 Å². The molecule has 0 bridgehead atoms. The van der Waals surface area contributed by atoms with Gasteiger partial charge in [0.05, 0.1) is 0 Å². The van der Waals surface area contributed by atoms with Gasteiger partial charge in [0.15, 0.2) is 11.5 Å². The van der Waals surface area contributed by atoms with E-state index in [0.717, 1.165) is 15.0 Å². The number of benzene rings is 2. The highest BCUT2D eigenvalue weighted by atomic mass is 32.1. The molecule has 0 aliphatic heterocycles. The third-order valence-electron chi connectivity index (χ3n) is 2.79. The van der Waals surface area contributed by atoms with Crippen LogP contribution in [-0.2, 0) is 6.61 Å². The molecule has 0 unspecified atom stereocenters. The standard InChI is InChI=1S/C15H12O3S/c16-11-6-5-10-7-12(19-15(10)8-11)9-18-14-4-2-1-3-13(14)17/h1-8,16-17H,9H2. The molecule has 1 heterocycles. The lowest BCUT2D eigenvalue weighted by Gasteiger charge is -2.05. The van der Waals surface area contributed by atoms with E-state index in [4.69, 9.17) is 4.74 Å². The normalized spacial score (nSPS) is 10.7. The summed E-state index contributed by atoms with van der Waals surface area (Å²) >= 11 is 1.57. The lowest BCUT2D eigenvalue weighted by molar-refractivity contribution is 0.292. The first kappa shape index (κ1) is 11.9. The fourth-order valence-corrected chi connectivity index (χ4v) is 2.88. The van der Waals surface area contributed by atoms with Crippen molar-refractivity contribution in [3.8, 4) is 17.2 Å². The maximum absolute atomic E-state index is 9.61. The smallest absolute Gasteiger partial charge is 0.161 e. The van der Waals surface area contributed by atoms with E-state index in [1.165, 1.54) is 0 Å². The Kier molecular flexibility index (Phi) is 3.01. The number of rotatable bonds is 3. The quantitative estimate of drug-likeness (QED) is 0.760. The Morgan fingerprint density at radius 1 is 1.00 bits per heavy atom. The van der Waals surface area contributed by atoms with Crippen molar-refractivity contribution in [2.45, 2.75) is 6.61 Å². The lowest BCUT2D eigenvalue weighted by atomic mass is 10.2. The average molecular weight is 272 g/mol. The number of aromatic hydroxyl groups is 2. The van der Waals surface area contributed by atoms with Gasteiger partial charge in [-0.3, -0.25) is 0 Å². The van der Waals surface area contributed by atoms with Gasteiger partial charge in [-0.25, -0.2) is 0 Å². The number of thiophene rings is 1. The molecule has 0 spiro atoms. The molecule has 2 N–H and O–H groups in total. The van der Waals surface area contributed by atoms with Gasteiger partial charge in [-0.2, -0.15) is 0 Å². The van der Waals surface area contributed by atoms with Crippen molar-refractivity contribution in [1.29, 1.82) is 0 Å². The van der Waals surface area contributed by atoms with Gasteiger partial charge in [-0.05, 0) is 41.8 Å². The zero-order valence-electron chi connectivity index (χ0n) is 10.0. The average Bonchev–Trinajstić information content (AvgIpc) is 2.79. The first-order chi connectivity index (χ1) is 9.22. The fraction of sp³-hybridized carbons (Fsp3) is 0.0667. The molecule has 3 nitrogen and oxygen atoms in total. The third-order valence-corrected chi connectivity index (χ3v) is 3.86. The van der Waals surface area contributed by atoms with Gasteiger partial charge >= 0.3 is 0 Å². The highest BCUT2D eigenvalue weighted by molar-refractivity contribution is 7.19. The van der Waals surface area contributed by atoms with Crippen molar-refractivity contribution in [1.82, 2.24) is 0 Å². The Morgan fingerprint density at radius 2 is 1.84 bits per heavy atom. The SMILES string of the molecule is Oc1ccc2cc(COc3ccccc3O)sc2c1. The van der Waals surface area contributed by atoms with E-state index in [9.17, 15) is 10.2 Å². The summed E-state index contributed by atoms with van der Waals surface area (Å²) in [6.45, 7) is 0.400. The molecule has 0 radical (unpaired) electrons. The molecule has 2 aromatic carbocycles.